The molecule has 208 valence electrons. The van der Waals surface area contributed by atoms with E-state index in [1.165, 1.54) is 12.7 Å². The summed E-state index contributed by atoms with van der Waals surface area (Å²) in [5.74, 6) is -0.606. The Hall–Kier alpha value is -3.24. The van der Waals surface area contributed by atoms with Gasteiger partial charge in [0, 0.05) is 11.3 Å². The van der Waals surface area contributed by atoms with Gasteiger partial charge in [-0.05, 0) is 79.2 Å². The molecule has 1 atom stereocenters. The molecule has 3 aromatic carbocycles. The SMILES string of the molecule is COC(=O)C(Cc1ccc(NC(=O)c2ccc(C3CCNCC3)cc2)cc1)NS(=O)(=O)Cc1ccccc1.Cl. The lowest BCUT2D eigenvalue weighted by Crippen LogP contribution is -2.43. The van der Waals surface area contributed by atoms with Gasteiger partial charge in [-0.2, -0.15) is 0 Å². The fourth-order valence-corrected chi connectivity index (χ4v) is 5.92. The maximum Gasteiger partial charge on any atom is 0.324 e. The zero-order chi connectivity index (χ0) is 27.0. The van der Waals surface area contributed by atoms with E-state index in [1.54, 1.807) is 54.6 Å². The lowest BCUT2D eigenvalue weighted by atomic mass is 9.90. The molecule has 0 radical (unpaired) electrons. The number of hydrogen-bond acceptors (Lipinski definition) is 6. The molecule has 39 heavy (non-hydrogen) atoms. The van der Waals surface area contributed by atoms with Crippen LogP contribution in [0.2, 0.25) is 0 Å². The van der Waals surface area contributed by atoms with Crippen LogP contribution in [0, 0.1) is 0 Å². The molecule has 0 aromatic heterocycles. The minimum atomic E-state index is -3.79. The number of piperidine rings is 1. The number of hydrogen-bond donors (Lipinski definition) is 3. The van der Waals surface area contributed by atoms with Crippen LogP contribution in [-0.4, -0.2) is 46.5 Å². The number of rotatable bonds is 10. The predicted molar refractivity (Wildman–Crippen MR) is 155 cm³/mol. The average Bonchev–Trinajstić information content (AvgIpc) is 2.94. The third-order valence-corrected chi connectivity index (χ3v) is 8.00. The van der Waals surface area contributed by atoms with E-state index in [4.69, 9.17) is 4.74 Å². The van der Waals surface area contributed by atoms with Crippen molar-refractivity contribution in [3.8, 4) is 0 Å². The van der Waals surface area contributed by atoms with Crippen molar-refractivity contribution in [2.75, 3.05) is 25.5 Å². The van der Waals surface area contributed by atoms with Gasteiger partial charge in [0.15, 0.2) is 0 Å². The van der Waals surface area contributed by atoms with Crippen LogP contribution in [0.15, 0.2) is 78.9 Å². The van der Waals surface area contributed by atoms with Crippen molar-refractivity contribution in [1.29, 1.82) is 0 Å². The smallest absolute Gasteiger partial charge is 0.324 e. The first-order valence-electron chi connectivity index (χ1n) is 12.7. The van der Waals surface area contributed by atoms with Gasteiger partial charge in [0.1, 0.15) is 6.04 Å². The third-order valence-electron chi connectivity index (χ3n) is 6.64. The first-order chi connectivity index (χ1) is 18.3. The Labute approximate surface area is 236 Å². The molecule has 0 saturated carbocycles. The number of carbonyl (C=O) groups excluding carboxylic acids is 2. The number of ether oxygens (including phenoxy) is 1. The van der Waals surface area contributed by atoms with Crippen molar-refractivity contribution in [3.05, 3.63) is 101 Å². The van der Waals surface area contributed by atoms with Gasteiger partial charge in [-0.25, -0.2) is 13.1 Å². The molecular formula is C29H34ClN3O5S. The van der Waals surface area contributed by atoms with E-state index in [1.807, 2.05) is 24.3 Å². The molecule has 0 bridgehead atoms. The van der Waals surface area contributed by atoms with Gasteiger partial charge in [-0.15, -0.1) is 12.4 Å². The summed E-state index contributed by atoms with van der Waals surface area (Å²) in [5, 5.41) is 6.25. The highest BCUT2D eigenvalue weighted by Crippen LogP contribution is 2.25. The molecule has 1 amide bonds. The highest BCUT2D eigenvalue weighted by atomic mass is 35.5. The molecule has 1 aliphatic heterocycles. The molecule has 1 saturated heterocycles. The maximum absolute atomic E-state index is 12.7. The second-order valence-electron chi connectivity index (χ2n) is 9.44. The summed E-state index contributed by atoms with van der Waals surface area (Å²) in [6.45, 7) is 2.03. The lowest BCUT2D eigenvalue weighted by molar-refractivity contribution is -0.142. The monoisotopic (exact) mass is 571 g/mol. The van der Waals surface area contributed by atoms with Crippen molar-refractivity contribution in [2.45, 2.75) is 37.0 Å². The minimum Gasteiger partial charge on any atom is -0.468 e. The van der Waals surface area contributed by atoms with Gasteiger partial charge < -0.3 is 15.4 Å². The van der Waals surface area contributed by atoms with Crippen molar-refractivity contribution < 1.29 is 22.7 Å². The highest BCUT2D eigenvalue weighted by Gasteiger charge is 2.26. The average molecular weight is 572 g/mol. The summed E-state index contributed by atoms with van der Waals surface area (Å²) < 4.78 is 32.6. The minimum absolute atomic E-state index is 0. The van der Waals surface area contributed by atoms with Crippen LogP contribution in [0.25, 0.3) is 0 Å². The van der Waals surface area contributed by atoms with Crippen molar-refractivity contribution in [1.82, 2.24) is 10.0 Å². The van der Waals surface area contributed by atoms with Crippen LogP contribution < -0.4 is 15.4 Å². The maximum atomic E-state index is 12.7. The van der Waals surface area contributed by atoms with E-state index in [0.29, 0.717) is 28.3 Å². The van der Waals surface area contributed by atoms with E-state index in [-0.39, 0.29) is 30.5 Å². The van der Waals surface area contributed by atoms with E-state index >= 15 is 0 Å². The third kappa shape index (κ3) is 8.90. The Balaban J connectivity index is 0.00000420. The lowest BCUT2D eigenvalue weighted by Gasteiger charge is -2.23. The molecule has 0 aliphatic carbocycles. The second-order valence-corrected chi connectivity index (χ2v) is 11.2. The number of nitrogens with one attached hydrogen (secondary N) is 3. The van der Waals surface area contributed by atoms with Crippen LogP contribution in [0.3, 0.4) is 0 Å². The highest BCUT2D eigenvalue weighted by molar-refractivity contribution is 7.88. The molecule has 10 heteroatoms. The van der Waals surface area contributed by atoms with Crippen molar-refractivity contribution >= 4 is 40.0 Å². The van der Waals surface area contributed by atoms with Gasteiger partial charge >= 0.3 is 5.97 Å². The van der Waals surface area contributed by atoms with Gasteiger partial charge in [-0.1, -0.05) is 54.6 Å². The Morgan fingerprint density at radius 1 is 0.923 bits per heavy atom. The molecule has 1 unspecified atom stereocenters. The summed E-state index contributed by atoms with van der Waals surface area (Å²) in [6, 6.07) is 22.4. The summed E-state index contributed by atoms with van der Waals surface area (Å²) in [6.07, 6.45) is 2.31. The number of halogens is 1. The molecule has 3 N–H and O–H groups in total. The quantitative estimate of drug-likeness (QED) is 0.317. The molecule has 1 heterocycles. The fraction of sp³-hybridized carbons (Fsp3) is 0.310. The number of benzene rings is 3. The second kappa shape index (κ2) is 14.2. The van der Waals surface area contributed by atoms with Crippen LogP contribution in [0.4, 0.5) is 5.69 Å². The summed E-state index contributed by atoms with van der Waals surface area (Å²) in [7, 11) is -2.56. The molecule has 1 fully saturated rings. The molecule has 1 aliphatic rings. The topological polar surface area (TPSA) is 114 Å². The molecule has 3 aromatic rings. The predicted octanol–water partition coefficient (Wildman–Crippen LogP) is 4.03. The van der Waals surface area contributed by atoms with E-state index in [0.717, 1.165) is 25.9 Å². The summed E-state index contributed by atoms with van der Waals surface area (Å²) in [5.41, 5.74) is 3.76. The number of sulfonamides is 1. The molecule has 8 nitrogen and oxygen atoms in total. The largest absolute Gasteiger partial charge is 0.468 e. The number of esters is 1. The zero-order valence-corrected chi connectivity index (χ0v) is 23.4. The van der Waals surface area contributed by atoms with Gasteiger partial charge in [0.2, 0.25) is 10.0 Å². The van der Waals surface area contributed by atoms with E-state index < -0.39 is 22.0 Å². The van der Waals surface area contributed by atoms with Crippen LogP contribution in [0.1, 0.15) is 45.8 Å². The summed E-state index contributed by atoms with van der Waals surface area (Å²) >= 11 is 0. The van der Waals surface area contributed by atoms with E-state index in [2.05, 4.69) is 15.4 Å². The Morgan fingerprint density at radius 3 is 2.18 bits per heavy atom. The standard InChI is InChI=1S/C29H33N3O5S.ClH/c1-37-29(34)27(32-38(35,36)20-22-5-3-2-4-6-22)19-21-7-13-26(14-8-21)31-28(33)25-11-9-23(10-12-25)24-15-17-30-18-16-24;/h2-14,24,27,30,32H,15-20H2,1H3,(H,31,33);1H. The molecule has 4 rings (SSSR count). The zero-order valence-electron chi connectivity index (χ0n) is 21.8. The number of amides is 1. The number of anilines is 1. The van der Waals surface area contributed by atoms with Crippen LogP contribution >= 0.6 is 12.4 Å². The summed E-state index contributed by atoms with van der Waals surface area (Å²) in [4.78, 5) is 25.1. The first-order valence-corrected chi connectivity index (χ1v) is 14.3. The van der Waals surface area contributed by atoms with Gasteiger partial charge in [-0.3, -0.25) is 9.59 Å². The van der Waals surface area contributed by atoms with Gasteiger partial charge in [0.05, 0.1) is 12.9 Å². The van der Waals surface area contributed by atoms with Crippen LogP contribution in [0.5, 0.6) is 0 Å². The Bertz CT molecular complexity index is 1330. The van der Waals surface area contributed by atoms with Crippen molar-refractivity contribution in [2.24, 2.45) is 0 Å². The fourth-order valence-electron chi connectivity index (χ4n) is 4.59. The Morgan fingerprint density at radius 2 is 1.56 bits per heavy atom. The first kappa shape index (κ1) is 30.3. The molecule has 0 spiro atoms. The van der Waals surface area contributed by atoms with Crippen molar-refractivity contribution in [3.63, 3.8) is 0 Å². The van der Waals surface area contributed by atoms with Gasteiger partial charge in [0.25, 0.3) is 5.91 Å². The Kier molecular flexibility index (Phi) is 11.1. The van der Waals surface area contributed by atoms with Crippen LogP contribution in [-0.2, 0) is 31.7 Å². The number of methoxy groups -OCH3 is 1. The normalized spacial score (nSPS) is 14.6. The number of carbonyl (C=O) groups is 2. The molecular weight excluding hydrogens is 538 g/mol. The van der Waals surface area contributed by atoms with E-state index in [9.17, 15) is 18.0 Å².